The van der Waals surface area contributed by atoms with Crippen molar-refractivity contribution in [3.8, 4) is 6.07 Å². The van der Waals surface area contributed by atoms with Crippen LogP contribution in [0.25, 0.3) is 16.7 Å². The lowest BCUT2D eigenvalue weighted by Crippen LogP contribution is -2.50. The molecule has 202 valence electrons. The molecule has 1 unspecified atom stereocenters. The minimum absolute atomic E-state index is 0.168. The van der Waals surface area contributed by atoms with E-state index in [9.17, 15) is 15.2 Å². The second-order valence-electron chi connectivity index (χ2n) is 10.6. The van der Waals surface area contributed by atoms with Crippen molar-refractivity contribution >= 4 is 16.7 Å². The molecule has 1 fully saturated rings. The lowest BCUT2D eigenvalue weighted by atomic mass is 9.96. The van der Waals surface area contributed by atoms with Gasteiger partial charge in [-0.2, -0.15) is 5.26 Å². The number of aromatic nitrogens is 2. The fourth-order valence-electron chi connectivity index (χ4n) is 6.18. The van der Waals surface area contributed by atoms with Crippen LogP contribution in [0.1, 0.15) is 28.3 Å². The number of nitrogens with zero attached hydrogens (tertiary/aromatic N) is 5. The Balaban J connectivity index is 1.21. The first-order valence-corrected chi connectivity index (χ1v) is 13.8. The van der Waals surface area contributed by atoms with Crippen LogP contribution < -0.4 is 5.56 Å². The SMILES string of the molecule is Cc1cc(=O)n2c3ccccc3n(CC(O)CN3CCN(C(c4ccccc4)c4ccccc4)CC3)c2c1C#N. The Kier molecular flexibility index (Phi) is 7.23. The Morgan fingerprint density at radius 3 is 2.00 bits per heavy atom. The number of para-hydroxylation sites is 2. The number of β-amino-alcohol motifs (C(OH)–C–C–N with tert-alkyl or cyclic N) is 1. The van der Waals surface area contributed by atoms with E-state index in [1.807, 2.05) is 28.8 Å². The molecule has 2 aromatic heterocycles. The number of rotatable bonds is 7. The first kappa shape index (κ1) is 26.0. The molecule has 7 nitrogen and oxygen atoms in total. The highest BCUT2D eigenvalue weighted by Crippen LogP contribution is 2.30. The molecule has 1 aliphatic rings. The number of fused-ring (bicyclic) bond motifs is 3. The monoisotopic (exact) mass is 531 g/mol. The Morgan fingerprint density at radius 1 is 0.825 bits per heavy atom. The lowest BCUT2D eigenvalue weighted by Gasteiger charge is -2.40. The van der Waals surface area contributed by atoms with Crippen molar-refractivity contribution in [1.29, 1.82) is 5.26 Å². The van der Waals surface area contributed by atoms with Gasteiger partial charge in [0.05, 0.1) is 35.3 Å². The van der Waals surface area contributed by atoms with Crippen LogP contribution >= 0.6 is 0 Å². The van der Waals surface area contributed by atoms with E-state index >= 15 is 0 Å². The second kappa shape index (κ2) is 11.1. The maximum Gasteiger partial charge on any atom is 0.257 e. The highest BCUT2D eigenvalue weighted by atomic mass is 16.3. The zero-order valence-electron chi connectivity index (χ0n) is 22.6. The molecular formula is C33H33N5O2. The molecule has 5 aromatic rings. The van der Waals surface area contributed by atoms with Crippen LogP contribution in [0.15, 0.2) is 95.8 Å². The van der Waals surface area contributed by atoms with Crippen LogP contribution in [0.3, 0.4) is 0 Å². The number of nitriles is 1. The molecular weight excluding hydrogens is 498 g/mol. The van der Waals surface area contributed by atoms with Gasteiger partial charge in [0.2, 0.25) is 0 Å². The summed E-state index contributed by atoms with van der Waals surface area (Å²) < 4.78 is 3.53. The molecule has 3 heterocycles. The predicted octanol–water partition coefficient (Wildman–Crippen LogP) is 4.20. The summed E-state index contributed by atoms with van der Waals surface area (Å²) in [5.74, 6) is 0. The standard InChI is InChI=1S/C33H33N5O2/c1-24-20-31(40)38-30-15-9-8-14-29(30)37(33(38)28(24)21-34)23-27(39)22-35-16-18-36(19-17-35)32(25-10-4-2-5-11-25)26-12-6-3-7-13-26/h2-15,20,27,32,39H,16-19,22-23H2,1H3. The van der Waals surface area contributed by atoms with Gasteiger partial charge < -0.3 is 9.67 Å². The van der Waals surface area contributed by atoms with Crippen LogP contribution in [-0.4, -0.2) is 62.7 Å². The minimum atomic E-state index is -0.660. The molecule has 0 saturated carbocycles. The maximum atomic E-state index is 13.0. The van der Waals surface area contributed by atoms with Gasteiger partial charge in [-0.3, -0.25) is 19.0 Å². The molecule has 0 amide bonds. The molecule has 3 aromatic carbocycles. The van der Waals surface area contributed by atoms with E-state index in [1.165, 1.54) is 17.2 Å². The molecule has 0 bridgehead atoms. The number of benzene rings is 3. The second-order valence-corrected chi connectivity index (χ2v) is 10.6. The van der Waals surface area contributed by atoms with E-state index in [4.69, 9.17) is 0 Å². The molecule has 0 aliphatic carbocycles. The van der Waals surface area contributed by atoms with E-state index in [0.717, 1.165) is 37.2 Å². The van der Waals surface area contributed by atoms with Gasteiger partial charge in [0, 0.05) is 38.8 Å². The lowest BCUT2D eigenvalue weighted by molar-refractivity contribution is 0.0565. The fraction of sp³-hybridized carbons (Fsp3) is 0.273. The predicted molar refractivity (Wildman–Crippen MR) is 157 cm³/mol. The van der Waals surface area contributed by atoms with Gasteiger partial charge in [-0.15, -0.1) is 0 Å². The quantitative estimate of drug-likeness (QED) is 0.341. The summed E-state index contributed by atoms with van der Waals surface area (Å²) >= 11 is 0. The van der Waals surface area contributed by atoms with Crippen molar-refractivity contribution in [2.75, 3.05) is 32.7 Å². The molecule has 0 spiro atoms. The van der Waals surface area contributed by atoms with Gasteiger partial charge >= 0.3 is 0 Å². The Labute approximate surface area is 233 Å². The molecule has 1 N–H and O–H groups in total. The molecule has 6 rings (SSSR count). The summed E-state index contributed by atoms with van der Waals surface area (Å²) in [6.45, 7) is 6.09. The third-order valence-corrected chi connectivity index (χ3v) is 8.04. The molecule has 1 atom stereocenters. The van der Waals surface area contributed by atoms with E-state index in [2.05, 4.69) is 76.5 Å². The van der Waals surface area contributed by atoms with Gasteiger partial charge in [-0.05, 0) is 35.7 Å². The molecule has 1 saturated heterocycles. The number of pyridine rings is 1. The van der Waals surface area contributed by atoms with Crippen molar-refractivity contribution in [1.82, 2.24) is 18.8 Å². The number of imidazole rings is 1. The van der Waals surface area contributed by atoms with E-state index in [0.29, 0.717) is 29.9 Å². The Bertz CT molecular complexity index is 1690. The van der Waals surface area contributed by atoms with Crippen molar-refractivity contribution in [2.45, 2.75) is 25.6 Å². The van der Waals surface area contributed by atoms with Gasteiger partial charge in [-0.1, -0.05) is 72.8 Å². The van der Waals surface area contributed by atoms with Crippen LogP contribution in [0.4, 0.5) is 0 Å². The third kappa shape index (κ3) is 4.82. The molecule has 40 heavy (non-hydrogen) atoms. The fourth-order valence-corrected chi connectivity index (χ4v) is 6.18. The van der Waals surface area contributed by atoms with Crippen molar-refractivity contribution < 1.29 is 5.11 Å². The number of aryl methyl sites for hydroxylation is 1. The summed E-state index contributed by atoms with van der Waals surface area (Å²) in [6, 6.07) is 32.9. The summed E-state index contributed by atoms with van der Waals surface area (Å²) in [5, 5.41) is 21.2. The van der Waals surface area contributed by atoms with E-state index in [-0.39, 0.29) is 11.6 Å². The van der Waals surface area contributed by atoms with Gasteiger partial charge in [0.15, 0.2) is 0 Å². The minimum Gasteiger partial charge on any atom is -0.390 e. The van der Waals surface area contributed by atoms with Crippen LogP contribution in [0.5, 0.6) is 0 Å². The largest absolute Gasteiger partial charge is 0.390 e. The summed E-state index contributed by atoms with van der Waals surface area (Å²) in [5.41, 5.74) is 5.63. The van der Waals surface area contributed by atoms with Crippen LogP contribution in [0, 0.1) is 18.3 Å². The first-order valence-electron chi connectivity index (χ1n) is 13.8. The molecule has 0 radical (unpaired) electrons. The highest BCUT2D eigenvalue weighted by Gasteiger charge is 2.27. The topological polar surface area (TPSA) is 76.9 Å². The normalized spacial score (nSPS) is 15.6. The zero-order valence-corrected chi connectivity index (χ0v) is 22.6. The van der Waals surface area contributed by atoms with Gasteiger partial charge in [0.1, 0.15) is 11.7 Å². The summed E-state index contributed by atoms with van der Waals surface area (Å²) in [6.07, 6.45) is -0.660. The summed E-state index contributed by atoms with van der Waals surface area (Å²) in [4.78, 5) is 17.8. The van der Waals surface area contributed by atoms with Crippen molar-refractivity contribution in [3.63, 3.8) is 0 Å². The van der Waals surface area contributed by atoms with Crippen molar-refractivity contribution in [2.24, 2.45) is 0 Å². The Morgan fingerprint density at radius 2 is 1.40 bits per heavy atom. The Hall–Kier alpha value is -4.22. The molecule has 1 aliphatic heterocycles. The third-order valence-electron chi connectivity index (χ3n) is 8.04. The van der Waals surface area contributed by atoms with E-state index < -0.39 is 6.10 Å². The smallest absolute Gasteiger partial charge is 0.257 e. The van der Waals surface area contributed by atoms with E-state index in [1.54, 1.807) is 11.3 Å². The number of piperazine rings is 1. The number of hydrogen-bond acceptors (Lipinski definition) is 5. The average Bonchev–Trinajstić information content (AvgIpc) is 3.30. The average molecular weight is 532 g/mol. The molecule has 7 heteroatoms. The highest BCUT2D eigenvalue weighted by molar-refractivity contribution is 5.84. The number of hydrogen-bond donors (Lipinski definition) is 1. The summed E-state index contributed by atoms with van der Waals surface area (Å²) in [7, 11) is 0. The first-order chi connectivity index (χ1) is 19.5. The van der Waals surface area contributed by atoms with Crippen LogP contribution in [-0.2, 0) is 6.54 Å². The van der Waals surface area contributed by atoms with Gasteiger partial charge in [-0.25, -0.2) is 0 Å². The maximum absolute atomic E-state index is 13.0. The van der Waals surface area contributed by atoms with Gasteiger partial charge in [0.25, 0.3) is 5.56 Å². The zero-order chi connectivity index (χ0) is 27.6. The number of aliphatic hydroxyl groups is 1. The van der Waals surface area contributed by atoms with Crippen molar-refractivity contribution in [3.05, 3.63) is 124 Å². The van der Waals surface area contributed by atoms with Crippen LogP contribution in [0.2, 0.25) is 0 Å². The number of aliphatic hydroxyl groups excluding tert-OH is 1.